The van der Waals surface area contributed by atoms with Gasteiger partial charge < -0.3 is 10.2 Å². The molecule has 1 N–H and O–H groups in total. The standard InChI is InChI=1S/C15H20N2O2/c1-2-3-10-16-14(18)13-9-11-17(15(13)19)12-7-5-4-6-8-12/h4-8,13H,2-3,9-11H2,1H3,(H,16,18)/t13-/m0/s1. The molecule has 0 aliphatic carbocycles. The lowest BCUT2D eigenvalue weighted by atomic mass is 10.1. The Bertz CT molecular complexity index is 445. The lowest BCUT2D eigenvalue weighted by Crippen LogP contribution is -2.37. The van der Waals surface area contributed by atoms with Crippen molar-refractivity contribution in [1.29, 1.82) is 0 Å². The topological polar surface area (TPSA) is 49.4 Å². The second-order valence-electron chi connectivity index (χ2n) is 4.81. The van der Waals surface area contributed by atoms with Crippen LogP contribution in [0.25, 0.3) is 0 Å². The zero-order valence-electron chi connectivity index (χ0n) is 11.3. The van der Waals surface area contributed by atoms with Crippen LogP contribution in [0.3, 0.4) is 0 Å². The summed E-state index contributed by atoms with van der Waals surface area (Å²) in [5.41, 5.74) is 0.872. The molecule has 0 bridgehead atoms. The van der Waals surface area contributed by atoms with E-state index in [4.69, 9.17) is 0 Å². The van der Waals surface area contributed by atoms with Crippen LogP contribution in [0.4, 0.5) is 5.69 Å². The summed E-state index contributed by atoms with van der Waals surface area (Å²) in [5, 5.41) is 2.84. The number of nitrogens with zero attached hydrogens (tertiary/aromatic N) is 1. The number of nitrogens with one attached hydrogen (secondary N) is 1. The zero-order valence-corrected chi connectivity index (χ0v) is 11.3. The van der Waals surface area contributed by atoms with E-state index in [1.165, 1.54) is 0 Å². The Balaban J connectivity index is 1.96. The molecule has 2 rings (SSSR count). The van der Waals surface area contributed by atoms with Crippen molar-refractivity contribution < 1.29 is 9.59 Å². The van der Waals surface area contributed by atoms with Crippen molar-refractivity contribution in [2.75, 3.05) is 18.0 Å². The molecule has 19 heavy (non-hydrogen) atoms. The minimum absolute atomic E-state index is 0.0831. The van der Waals surface area contributed by atoms with Crippen LogP contribution in [0.15, 0.2) is 30.3 Å². The van der Waals surface area contributed by atoms with E-state index in [1.807, 2.05) is 30.3 Å². The summed E-state index contributed by atoms with van der Waals surface area (Å²) in [6.07, 6.45) is 2.59. The molecule has 2 amide bonds. The smallest absolute Gasteiger partial charge is 0.239 e. The molecule has 0 unspecified atom stereocenters. The molecule has 4 nitrogen and oxygen atoms in total. The van der Waals surface area contributed by atoms with Gasteiger partial charge in [0.15, 0.2) is 0 Å². The Kier molecular flexibility index (Phi) is 4.55. The second kappa shape index (κ2) is 6.36. The fourth-order valence-corrected chi connectivity index (χ4v) is 2.30. The first-order chi connectivity index (χ1) is 9.24. The molecule has 1 atom stereocenters. The minimum atomic E-state index is -0.517. The summed E-state index contributed by atoms with van der Waals surface area (Å²) in [4.78, 5) is 25.9. The van der Waals surface area contributed by atoms with Crippen molar-refractivity contribution in [2.24, 2.45) is 5.92 Å². The number of hydrogen-bond donors (Lipinski definition) is 1. The van der Waals surface area contributed by atoms with E-state index in [2.05, 4.69) is 12.2 Å². The highest BCUT2D eigenvalue weighted by Crippen LogP contribution is 2.24. The highest BCUT2D eigenvalue weighted by Gasteiger charge is 2.37. The van der Waals surface area contributed by atoms with E-state index >= 15 is 0 Å². The van der Waals surface area contributed by atoms with Crippen LogP contribution in [0.2, 0.25) is 0 Å². The van der Waals surface area contributed by atoms with Crippen LogP contribution in [-0.2, 0) is 9.59 Å². The van der Waals surface area contributed by atoms with Gasteiger partial charge in [0.25, 0.3) is 0 Å². The third kappa shape index (κ3) is 3.13. The first-order valence-electron chi connectivity index (χ1n) is 6.88. The van der Waals surface area contributed by atoms with Crippen LogP contribution in [-0.4, -0.2) is 24.9 Å². The average Bonchev–Trinajstić information content (AvgIpc) is 2.82. The predicted octanol–water partition coefficient (Wildman–Crippen LogP) is 1.96. The Hall–Kier alpha value is -1.84. The average molecular weight is 260 g/mol. The number of carbonyl (C=O) groups excluding carboxylic acids is 2. The van der Waals surface area contributed by atoms with Gasteiger partial charge in [-0.3, -0.25) is 9.59 Å². The van der Waals surface area contributed by atoms with Gasteiger partial charge >= 0.3 is 0 Å². The number of carbonyl (C=O) groups is 2. The van der Waals surface area contributed by atoms with Crippen molar-refractivity contribution in [3.63, 3.8) is 0 Å². The molecule has 1 fully saturated rings. The SMILES string of the molecule is CCCCNC(=O)[C@@H]1CCN(c2ccccc2)C1=O. The third-order valence-electron chi connectivity index (χ3n) is 3.42. The summed E-state index contributed by atoms with van der Waals surface area (Å²) >= 11 is 0. The fraction of sp³-hybridized carbons (Fsp3) is 0.467. The van der Waals surface area contributed by atoms with Gasteiger partial charge in [-0.25, -0.2) is 0 Å². The van der Waals surface area contributed by atoms with Crippen molar-refractivity contribution in [3.05, 3.63) is 30.3 Å². The molecule has 1 saturated heterocycles. The van der Waals surface area contributed by atoms with Crippen LogP contribution < -0.4 is 10.2 Å². The molecule has 1 aliphatic rings. The minimum Gasteiger partial charge on any atom is -0.355 e. The molecular weight excluding hydrogens is 240 g/mol. The van der Waals surface area contributed by atoms with E-state index in [0.717, 1.165) is 18.5 Å². The van der Waals surface area contributed by atoms with Crippen LogP contribution in [0, 0.1) is 5.92 Å². The molecule has 1 aromatic carbocycles. The zero-order chi connectivity index (χ0) is 13.7. The van der Waals surface area contributed by atoms with Crippen LogP contribution in [0.5, 0.6) is 0 Å². The molecule has 1 aliphatic heterocycles. The quantitative estimate of drug-likeness (QED) is 0.650. The molecule has 0 aromatic heterocycles. The van der Waals surface area contributed by atoms with E-state index < -0.39 is 5.92 Å². The molecule has 0 spiro atoms. The van der Waals surface area contributed by atoms with Gasteiger partial charge in [-0.1, -0.05) is 31.5 Å². The summed E-state index contributed by atoms with van der Waals surface area (Å²) in [6, 6.07) is 9.51. The monoisotopic (exact) mass is 260 g/mol. The van der Waals surface area contributed by atoms with E-state index in [-0.39, 0.29) is 11.8 Å². The predicted molar refractivity (Wildman–Crippen MR) is 74.8 cm³/mol. The van der Waals surface area contributed by atoms with Gasteiger partial charge in [-0.2, -0.15) is 0 Å². The first-order valence-corrected chi connectivity index (χ1v) is 6.88. The molecule has 1 aromatic rings. The summed E-state index contributed by atoms with van der Waals surface area (Å²) in [5.74, 6) is -0.728. The van der Waals surface area contributed by atoms with Gasteiger partial charge in [0.05, 0.1) is 0 Å². The van der Waals surface area contributed by atoms with Crippen LogP contribution >= 0.6 is 0 Å². The highest BCUT2D eigenvalue weighted by atomic mass is 16.2. The third-order valence-corrected chi connectivity index (χ3v) is 3.42. The second-order valence-corrected chi connectivity index (χ2v) is 4.81. The Morgan fingerprint density at radius 3 is 2.79 bits per heavy atom. The van der Waals surface area contributed by atoms with Gasteiger partial charge in [-0.05, 0) is 25.0 Å². The number of unbranched alkanes of at least 4 members (excludes halogenated alkanes) is 1. The van der Waals surface area contributed by atoms with Crippen molar-refractivity contribution in [3.8, 4) is 0 Å². The molecule has 0 saturated carbocycles. The van der Waals surface area contributed by atoms with Crippen molar-refractivity contribution in [1.82, 2.24) is 5.32 Å². The van der Waals surface area contributed by atoms with E-state index in [9.17, 15) is 9.59 Å². The molecule has 1 heterocycles. The number of benzene rings is 1. The Morgan fingerprint density at radius 1 is 1.37 bits per heavy atom. The van der Waals surface area contributed by atoms with Gasteiger partial charge in [0.1, 0.15) is 5.92 Å². The lowest BCUT2D eigenvalue weighted by molar-refractivity contribution is -0.132. The maximum absolute atomic E-state index is 12.2. The molecule has 4 heteroatoms. The Labute approximate surface area is 113 Å². The first kappa shape index (κ1) is 13.6. The van der Waals surface area contributed by atoms with Gasteiger partial charge in [0, 0.05) is 18.8 Å². The summed E-state index contributed by atoms with van der Waals surface area (Å²) < 4.78 is 0. The maximum atomic E-state index is 12.2. The number of anilines is 1. The number of para-hydroxylation sites is 1. The lowest BCUT2D eigenvalue weighted by Gasteiger charge is -2.16. The van der Waals surface area contributed by atoms with E-state index in [0.29, 0.717) is 19.5 Å². The normalized spacial score (nSPS) is 18.7. The maximum Gasteiger partial charge on any atom is 0.239 e. The van der Waals surface area contributed by atoms with Crippen LogP contribution in [0.1, 0.15) is 26.2 Å². The molecule has 0 radical (unpaired) electrons. The van der Waals surface area contributed by atoms with Crippen molar-refractivity contribution in [2.45, 2.75) is 26.2 Å². The Morgan fingerprint density at radius 2 is 2.11 bits per heavy atom. The number of hydrogen-bond acceptors (Lipinski definition) is 2. The number of amides is 2. The van der Waals surface area contributed by atoms with Gasteiger partial charge in [0.2, 0.25) is 11.8 Å². The highest BCUT2D eigenvalue weighted by molar-refractivity contribution is 6.09. The van der Waals surface area contributed by atoms with E-state index in [1.54, 1.807) is 4.90 Å². The van der Waals surface area contributed by atoms with Gasteiger partial charge in [-0.15, -0.1) is 0 Å². The summed E-state index contributed by atoms with van der Waals surface area (Å²) in [6.45, 7) is 3.35. The molecule has 102 valence electrons. The largest absolute Gasteiger partial charge is 0.355 e. The number of rotatable bonds is 5. The fourth-order valence-electron chi connectivity index (χ4n) is 2.30. The molecular formula is C15H20N2O2. The van der Waals surface area contributed by atoms with Crippen molar-refractivity contribution >= 4 is 17.5 Å². The summed E-state index contributed by atoms with van der Waals surface area (Å²) in [7, 11) is 0.